The first-order valence-electron chi connectivity index (χ1n) is 29.7. The molecule has 11 atom stereocenters. The van der Waals surface area contributed by atoms with E-state index in [0.29, 0.717) is 12.0 Å². The van der Waals surface area contributed by atoms with Gasteiger partial charge in [0.2, 0.25) is 70.9 Å². The number of nitrogens with two attached hydrogens (primary N) is 6. The van der Waals surface area contributed by atoms with E-state index >= 15 is 0 Å². The Bertz CT molecular complexity index is 2370. The van der Waals surface area contributed by atoms with Crippen molar-refractivity contribution in [1.82, 2.24) is 58.5 Å². The predicted octanol–water partition coefficient (Wildman–Crippen LogP) is -5.61. The average Bonchev–Trinajstić information content (AvgIpc) is 3.58. The van der Waals surface area contributed by atoms with Gasteiger partial charge in [-0.2, -0.15) is 0 Å². The van der Waals surface area contributed by atoms with Crippen molar-refractivity contribution in [3.63, 3.8) is 0 Å². The number of aliphatic hydroxyl groups excluding tert-OH is 1. The second kappa shape index (κ2) is 40.8. The highest BCUT2D eigenvalue weighted by Gasteiger charge is 2.37. The van der Waals surface area contributed by atoms with E-state index in [1.807, 2.05) is 0 Å². The van der Waals surface area contributed by atoms with Gasteiger partial charge >= 0.3 is 0 Å². The van der Waals surface area contributed by atoms with E-state index in [0.717, 1.165) is 25.7 Å². The normalized spacial score (nSPS) is 21.9. The minimum atomic E-state index is -1.71. The van der Waals surface area contributed by atoms with Crippen LogP contribution in [0, 0.1) is 5.92 Å². The number of nitrogens with one attached hydrogen (secondary N) is 11. The summed E-state index contributed by atoms with van der Waals surface area (Å²) in [6, 6.07) is -6.13. The summed E-state index contributed by atoms with van der Waals surface area (Å²) in [5, 5.41) is 39.0. The van der Waals surface area contributed by atoms with Crippen LogP contribution >= 0.6 is 0 Å². The van der Waals surface area contributed by atoms with Crippen LogP contribution < -0.4 is 92.9 Å². The number of rotatable bonds is 31. The maximum Gasteiger partial charge on any atom is 0.245 e. The molecule has 1 aliphatic heterocycles. The van der Waals surface area contributed by atoms with Crippen LogP contribution in [0.2, 0.25) is 0 Å². The summed E-state index contributed by atoms with van der Waals surface area (Å²) in [4.78, 5) is 166. The van der Waals surface area contributed by atoms with Gasteiger partial charge in [-0.05, 0) is 109 Å². The molecule has 1 aromatic rings. The minimum absolute atomic E-state index is 0.0199. The Morgan fingerprint density at radius 3 is 1.52 bits per heavy atom. The monoisotopic (exact) mass is 1220 g/mol. The van der Waals surface area contributed by atoms with E-state index in [2.05, 4.69) is 65.4 Å². The fourth-order valence-corrected chi connectivity index (χ4v) is 9.21. The lowest BCUT2D eigenvalue weighted by Crippen LogP contribution is -2.62. The fourth-order valence-electron chi connectivity index (χ4n) is 9.21. The Morgan fingerprint density at radius 1 is 0.547 bits per heavy atom. The molecule has 0 bridgehead atoms. The summed E-state index contributed by atoms with van der Waals surface area (Å²) in [5.74, 6) is -10.7. The highest BCUT2D eigenvalue weighted by Crippen LogP contribution is 2.12. The molecule has 1 aromatic carbocycles. The molecule has 12 amide bonds. The number of carbonyl (C=O) groups excluding carboxylic acids is 12. The van der Waals surface area contributed by atoms with Gasteiger partial charge in [0.05, 0.1) is 6.10 Å². The first-order chi connectivity index (χ1) is 40.9. The predicted molar refractivity (Wildman–Crippen MR) is 318 cm³/mol. The SMILES string of the molecule is CCCCCCCC(=O)N[C@@H](CCN)C(=O)N[C@H](C(=O)N[C@@H](CCN)C(=O)N[C@H]1CCNC(=O)[C@H](CCC(N)=O)NC(=O)[C@H](CCN)NC(=O)[C@H](CCN)NC(=O)[C@H](CC(C)C)NC(=O)[C@@H](Cc2ccccc2)NC(=O)[C@H](CCN)NC1=O)[C@@H](C)O. The third kappa shape index (κ3) is 27.8. The molecule has 1 fully saturated rings. The standard InChI is InChI=1S/C56H97N17O13/c1-5-6-7-8-12-15-45(76)64-36(18-24-57)53(83)73-46(33(4)74)56(86)70-40(22-28-61)50(80)69-41-23-29-63-47(77)35(16-17-44(62)75)65-48(78)37(19-25-58)66-49(79)38(20-26-59)68-54(84)42(30-32(2)3)71-55(85)43(31-34-13-10-9-11-14-34)72-51(81)39(21-27-60)67-52(41)82/h9-11,13-14,32-33,35-43,46,74H,5-8,12,15-31,57-61H2,1-4H3,(H2,62,75)(H,63,77)(H,64,76)(H,65,78)(H,66,79)(H,67,82)(H,68,84)(H,69,80)(H,70,86)(H,71,85)(H,72,81)(H,73,83)/t33-,35+,36+,37+,38+,39+,40+,41+,42+,43-,46+/m1/s1. The molecular formula is C56H97N17O13. The molecule has 1 heterocycles. The highest BCUT2D eigenvalue weighted by molar-refractivity contribution is 5.99. The Labute approximate surface area is 502 Å². The van der Waals surface area contributed by atoms with Crippen molar-refractivity contribution in [2.75, 3.05) is 39.3 Å². The lowest BCUT2D eigenvalue weighted by molar-refractivity contribution is -0.137. The Kier molecular flexibility index (Phi) is 35.5. The Balaban J connectivity index is 2.72. The molecule has 24 N–H and O–H groups in total. The molecule has 0 aromatic heterocycles. The first kappa shape index (κ1) is 74.7. The van der Waals surface area contributed by atoms with Gasteiger partial charge in [0.15, 0.2) is 0 Å². The molecule has 0 aliphatic carbocycles. The topological polar surface area (TPSA) is 514 Å². The van der Waals surface area contributed by atoms with Gasteiger partial charge in [-0.25, -0.2) is 0 Å². The van der Waals surface area contributed by atoms with Crippen molar-refractivity contribution in [3.8, 4) is 0 Å². The fraction of sp³-hybridized carbons (Fsp3) is 0.679. The molecule has 0 saturated carbocycles. The van der Waals surface area contributed by atoms with Crippen LogP contribution in [0.5, 0.6) is 0 Å². The zero-order valence-electron chi connectivity index (χ0n) is 50.2. The lowest BCUT2D eigenvalue weighted by Gasteiger charge is -2.29. The quantitative estimate of drug-likeness (QED) is 0.0308. The summed E-state index contributed by atoms with van der Waals surface area (Å²) in [6.07, 6.45) is 0.738. The smallest absolute Gasteiger partial charge is 0.245 e. The maximum atomic E-state index is 14.6. The molecule has 1 aliphatic rings. The van der Waals surface area contributed by atoms with E-state index in [9.17, 15) is 62.6 Å². The Hall–Kier alpha value is -7.38. The third-order valence-electron chi connectivity index (χ3n) is 14.0. The number of aliphatic hydroxyl groups is 1. The van der Waals surface area contributed by atoms with Crippen LogP contribution in [0.1, 0.15) is 130 Å². The first-order valence-corrected chi connectivity index (χ1v) is 29.7. The van der Waals surface area contributed by atoms with Gasteiger partial charge in [-0.3, -0.25) is 57.5 Å². The number of hydrogen-bond donors (Lipinski definition) is 18. The van der Waals surface area contributed by atoms with Crippen molar-refractivity contribution in [2.24, 2.45) is 40.3 Å². The van der Waals surface area contributed by atoms with Gasteiger partial charge in [-0.1, -0.05) is 76.8 Å². The van der Waals surface area contributed by atoms with Crippen LogP contribution in [0.3, 0.4) is 0 Å². The summed E-state index contributed by atoms with van der Waals surface area (Å²) in [7, 11) is 0. The summed E-state index contributed by atoms with van der Waals surface area (Å²) in [5.41, 5.74) is 35.4. The van der Waals surface area contributed by atoms with Crippen molar-refractivity contribution in [1.29, 1.82) is 0 Å². The number of benzene rings is 1. The molecule has 30 nitrogen and oxygen atoms in total. The zero-order chi connectivity index (χ0) is 64.3. The van der Waals surface area contributed by atoms with E-state index in [4.69, 9.17) is 34.4 Å². The van der Waals surface area contributed by atoms with Crippen molar-refractivity contribution in [2.45, 2.75) is 197 Å². The van der Waals surface area contributed by atoms with Crippen LogP contribution in [0.15, 0.2) is 30.3 Å². The number of primary amides is 1. The molecule has 30 heteroatoms. The van der Waals surface area contributed by atoms with Crippen molar-refractivity contribution >= 4 is 70.9 Å². The van der Waals surface area contributed by atoms with E-state index in [-0.39, 0.29) is 96.4 Å². The minimum Gasteiger partial charge on any atom is -0.391 e. The highest BCUT2D eigenvalue weighted by atomic mass is 16.3. The van der Waals surface area contributed by atoms with Crippen LogP contribution in [0.4, 0.5) is 0 Å². The Morgan fingerprint density at radius 2 is 1.02 bits per heavy atom. The van der Waals surface area contributed by atoms with Crippen LogP contribution in [-0.4, -0.2) is 182 Å². The average molecular weight is 1220 g/mol. The van der Waals surface area contributed by atoms with Gasteiger partial charge in [0, 0.05) is 25.8 Å². The number of carbonyl (C=O) groups is 12. The number of unbranched alkanes of at least 4 members (excludes halogenated alkanes) is 4. The van der Waals surface area contributed by atoms with E-state index in [1.54, 1.807) is 44.2 Å². The molecule has 1 saturated heterocycles. The summed E-state index contributed by atoms with van der Waals surface area (Å²) < 4.78 is 0. The second-order valence-corrected chi connectivity index (χ2v) is 21.8. The van der Waals surface area contributed by atoms with Gasteiger partial charge in [0.25, 0.3) is 0 Å². The van der Waals surface area contributed by atoms with E-state index < -0.39 is 157 Å². The van der Waals surface area contributed by atoms with Gasteiger partial charge in [0.1, 0.15) is 60.4 Å². The molecule has 86 heavy (non-hydrogen) atoms. The molecule has 0 radical (unpaired) electrons. The molecule has 0 spiro atoms. The lowest BCUT2D eigenvalue weighted by atomic mass is 10.00. The summed E-state index contributed by atoms with van der Waals surface area (Å²) >= 11 is 0. The molecule has 0 unspecified atom stereocenters. The van der Waals surface area contributed by atoms with Crippen molar-refractivity contribution in [3.05, 3.63) is 35.9 Å². The molecule has 2 rings (SSSR count). The van der Waals surface area contributed by atoms with Crippen molar-refractivity contribution < 1.29 is 62.6 Å². The van der Waals surface area contributed by atoms with Crippen LogP contribution in [-0.2, 0) is 64.0 Å². The van der Waals surface area contributed by atoms with Gasteiger partial charge < -0.3 is 98.0 Å². The third-order valence-corrected chi connectivity index (χ3v) is 14.0. The number of amides is 12. The molecular weight excluding hydrogens is 1120 g/mol. The maximum absolute atomic E-state index is 14.6. The molecule has 484 valence electrons. The van der Waals surface area contributed by atoms with E-state index in [1.165, 1.54) is 6.92 Å². The van der Waals surface area contributed by atoms with Crippen LogP contribution in [0.25, 0.3) is 0 Å². The zero-order valence-corrected chi connectivity index (χ0v) is 50.2. The largest absolute Gasteiger partial charge is 0.391 e. The second-order valence-electron chi connectivity index (χ2n) is 21.8. The van der Waals surface area contributed by atoms with Gasteiger partial charge in [-0.15, -0.1) is 0 Å². The summed E-state index contributed by atoms with van der Waals surface area (Å²) in [6.45, 7) is 5.63. The number of hydrogen-bond acceptors (Lipinski definition) is 18.